The van der Waals surface area contributed by atoms with Crippen LogP contribution in [-0.2, 0) is 19.5 Å². The molecular weight excluding hydrogens is 451 g/mol. The fourth-order valence-electron chi connectivity index (χ4n) is 3.02. The molecule has 10 heteroatoms. The van der Waals surface area contributed by atoms with Gasteiger partial charge in [0.1, 0.15) is 18.2 Å². The second-order valence-electron chi connectivity index (χ2n) is 7.19. The van der Waals surface area contributed by atoms with Crippen molar-refractivity contribution in [2.75, 3.05) is 6.61 Å². The fraction of sp³-hybridized carbons (Fsp3) is 0.217. The fourth-order valence-corrected chi connectivity index (χ4v) is 3.19. The molecule has 4 rings (SSSR count). The van der Waals surface area contributed by atoms with Gasteiger partial charge in [-0.25, -0.2) is 9.37 Å². The molecule has 0 saturated heterocycles. The Kier molecular flexibility index (Phi) is 6.99. The summed E-state index contributed by atoms with van der Waals surface area (Å²) >= 11 is 5.92. The van der Waals surface area contributed by atoms with Gasteiger partial charge in [-0.3, -0.25) is 9.78 Å². The molecule has 0 saturated carbocycles. The topological polar surface area (TPSA) is 103 Å². The minimum atomic E-state index is -0.657. The number of aryl methyl sites for hydroxylation is 1. The molecule has 8 nitrogen and oxygen atoms in total. The Morgan fingerprint density at radius 2 is 1.91 bits per heavy atom. The molecule has 0 aliphatic rings. The van der Waals surface area contributed by atoms with E-state index in [4.69, 9.17) is 25.6 Å². The highest BCUT2D eigenvalue weighted by molar-refractivity contribution is 6.31. The number of aromatic nitrogens is 4. The van der Waals surface area contributed by atoms with Crippen LogP contribution in [0.2, 0.25) is 5.02 Å². The van der Waals surface area contributed by atoms with Crippen molar-refractivity contribution in [2.45, 2.75) is 26.4 Å². The molecule has 0 fully saturated rings. The Balaban J connectivity index is 1.29. The maximum absolute atomic E-state index is 12.9. The largest absolute Gasteiger partial charge is 0.464 e. The maximum atomic E-state index is 12.9. The first-order valence-corrected chi connectivity index (χ1v) is 10.5. The molecule has 2 aromatic carbocycles. The zero-order chi connectivity index (χ0) is 23.2. The molecule has 0 aliphatic heterocycles. The van der Waals surface area contributed by atoms with Crippen LogP contribution in [0.1, 0.15) is 28.4 Å². The highest BCUT2D eigenvalue weighted by Crippen LogP contribution is 2.27. The van der Waals surface area contributed by atoms with Crippen molar-refractivity contribution in [1.29, 1.82) is 0 Å². The van der Waals surface area contributed by atoms with Gasteiger partial charge in [-0.1, -0.05) is 28.9 Å². The van der Waals surface area contributed by atoms with Crippen molar-refractivity contribution in [1.82, 2.24) is 20.1 Å². The van der Waals surface area contributed by atoms with Crippen molar-refractivity contribution in [3.63, 3.8) is 0 Å². The summed E-state index contributed by atoms with van der Waals surface area (Å²) in [6.07, 6.45) is 2.23. The van der Waals surface area contributed by atoms with Gasteiger partial charge in [0.15, 0.2) is 5.82 Å². The number of ether oxygens (including phenoxy) is 2. The van der Waals surface area contributed by atoms with Crippen molar-refractivity contribution < 1.29 is 18.4 Å². The lowest BCUT2D eigenvalue weighted by Gasteiger charge is -2.09. The van der Waals surface area contributed by atoms with Crippen LogP contribution in [0.5, 0.6) is 17.5 Å². The summed E-state index contributed by atoms with van der Waals surface area (Å²) in [7, 11) is 0. The smallest absolute Gasteiger partial charge is 0.296 e. The molecule has 170 valence electrons. The summed E-state index contributed by atoms with van der Waals surface area (Å²) in [5, 5.41) is 4.06. The third-order valence-electron chi connectivity index (χ3n) is 4.71. The van der Waals surface area contributed by atoms with Gasteiger partial charge in [0.2, 0.25) is 5.89 Å². The molecule has 0 bridgehead atoms. The number of aromatic amines is 1. The van der Waals surface area contributed by atoms with Crippen molar-refractivity contribution >= 4 is 11.6 Å². The molecule has 0 atom stereocenters. The van der Waals surface area contributed by atoms with Crippen LogP contribution in [0.4, 0.5) is 4.39 Å². The monoisotopic (exact) mass is 470 g/mol. The predicted molar refractivity (Wildman–Crippen MR) is 119 cm³/mol. The van der Waals surface area contributed by atoms with Crippen LogP contribution in [0.25, 0.3) is 0 Å². The first-order valence-electron chi connectivity index (χ1n) is 10.1. The van der Waals surface area contributed by atoms with Gasteiger partial charge < -0.3 is 14.0 Å². The summed E-state index contributed by atoms with van der Waals surface area (Å²) in [6.45, 7) is 1.37. The molecule has 1 N–H and O–H groups in total. The normalized spacial score (nSPS) is 10.9. The number of nitrogens with zero attached hydrogens (tertiary/aromatic N) is 3. The van der Waals surface area contributed by atoms with Gasteiger partial charge in [-0.05, 0) is 42.8 Å². The lowest BCUT2D eigenvalue weighted by molar-refractivity contribution is 0.294. The number of halogens is 2. The number of hydrogen-bond acceptors (Lipinski definition) is 7. The van der Waals surface area contributed by atoms with Crippen LogP contribution in [0.3, 0.4) is 0 Å². The second kappa shape index (κ2) is 10.3. The summed E-state index contributed by atoms with van der Waals surface area (Å²) in [4.78, 5) is 23.0. The summed E-state index contributed by atoms with van der Waals surface area (Å²) < 4.78 is 29.3. The highest BCUT2D eigenvalue weighted by Gasteiger charge is 2.10. The third kappa shape index (κ3) is 5.95. The van der Waals surface area contributed by atoms with E-state index < -0.39 is 6.67 Å². The molecule has 0 spiro atoms. The maximum Gasteiger partial charge on any atom is 0.296 e. The Hall–Kier alpha value is -3.72. The molecule has 2 aromatic heterocycles. The Morgan fingerprint density at radius 3 is 2.61 bits per heavy atom. The number of hydrogen-bond donors (Lipinski definition) is 1. The van der Waals surface area contributed by atoms with Crippen LogP contribution in [-0.4, -0.2) is 26.7 Å². The van der Waals surface area contributed by atoms with Crippen molar-refractivity contribution in [3.05, 3.63) is 92.4 Å². The van der Waals surface area contributed by atoms with E-state index in [9.17, 15) is 9.18 Å². The van der Waals surface area contributed by atoms with E-state index in [1.807, 2.05) is 24.3 Å². The first-order chi connectivity index (χ1) is 16.0. The van der Waals surface area contributed by atoms with Gasteiger partial charge >= 0.3 is 0 Å². The molecule has 0 amide bonds. The Bertz CT molecular complexity index is 1290. The van der Waals surface area contributed by atoms with Crippen LogP contribution in [0.15, 0.2) is 58.0 Å². The van der Waals surface area contributed by atoms with E-state index in [0.717, 1.165) is 5.56 Å². The number of benzene rings is 2. The average Bonchev–Trinajstić information content (AvgIpc) is 3.22. The summed E-state index contributed by atoms with van der Waals surface area (Å²) in [5.74, 6) is 1.98. The predicted octanol–water partition coefficient (Wildman–Crippen LogP) is 4.59. The number of H-pyrrole nitrogens is 1. The Labute approximate surface area is 193 Å². The zero-order valence-electron chi connectivity index (χ0n) is 17.7. The lowest BCUT2D eigenvalue weighted by Crippen LogP contribution is -2.16. The molecule has 4 aromatic rings. The molecule has 0 radical (unpaired) electrons. The minimum absolute atomic E-state index is 0.136. The van der Waals surface area contributed by atoms with Gasteiger partial charge in [0.05, 0.1) is 13.0 Å². The van der Waals surface area contributed by atoms with Crippen molar-refractivity contribution in [2.24, 2.45) is 0 Å². The van der Waals surface area contributed by atoms with E-state index in [-0.39, 0.29) is 18.0 Å². The molecule has 2 heterocycles. The molecule has 0 unspecified atom stereocenters. The summed E-state index contributed by atoms with van der Waals surface area (Å²) in [5.41, 5.74) is 1.47. The van der Waals surface area contributed by atoms with Crippen LogP contribution >= 0.6 is 11.6 Å². The second-order valence-corrected chi connectivity index (χ2v) is 7.59. The van der Waals surface area contributed by atoms with Gasteiger partial charge in [-0.15, -0.1) is 0 Å². The lowest BCUT2D eigenvalue weighted by atomic mass is 10.1. The van der Waals surface area contributed by atoms with Gasteiger partial charge in [0, 0.05) is 28.8 Å². The third-order valence-corrected chi connectivity index (χ3v) is 5.08. The van der Waals surface area contributed by atoms with Crippen molar-refractivity contribution in [3.8, 4) is 17.5 Å². The standard InChI is InChI=1S/C23H20ClFN4O4/c1-14-27-21(33-29-14)11-17-13-26-23(28-22(17)30)31-9-8-15-2-4-18(5-3-15)32-19-6-7-20(24)16(10-19)12-25/h2-7,10,13H,8-9,11-12H2,1H3,(H,26,28,30). The molecule has 0 aliphatic carbocycles. The van der Waals surface area contributed by atoms with E-state index in [1.54, 1.807) is 25.1 Å². The van der Waals surface area contributed by atoms with E-state index in [0.29, 0.717) is 52.4 Å². The minimum Gasteiger partial charge on any atom is -0.464 e. The molecular formula is C23H20ClFN4O4. The van der Waals surface area contributed by atoms with E-state index in [1.165, 1.54) is 6.20 Å². The van der Waals surface area contributed by atoms with Gasteiger partial charge in [-0.2, -0.15) is 4.98 Å². The number of alkyl halides is 1. The number of rotatable bonds is 9. The van der Waals surface area contributed by atoms with Gasteiger partial charge in [0.25, 0.3) is 11.6 Å². The SMILES string of the molecule is Cc1noc(Cc2cnc(OCCc3ccc(Oc4ccc(Cl)c(CF)c4)cc3)[nH]c2=O)n1. The quantitative estimate of drug-likeness (QED) is 0.381. The van der Waals surface area contributed by atoms with E-state index >= 15 is 0 Å². The first kappa shape index (κ1) is 22.5. The average molecular weight is 471 g/mol. The Morgan fingerprint density at radius 1 is 1.12 bits per heavy atom. The summed E-state index contributed by atoms with van der Waals surface area (Å²) in [6, 6.07) is 12.4. The van der Waals surface area contributed by atoms with E-state index in [2.05, 4.69) is 20.1 Å². The van der Waals surface area contributed by atoms with Crippen LogP contribution in [0, 0.1) is 6.92 Å². The molecule has 33 heavy (non-hydrogen) atoms. The number of nitrogens with one attached hydrogen (secondary N) is 1. The highest BCUT2D eigenvalue weighted by atomic mass is 35.5. The van der Waals surface area contributed by atoms with Crippen LogP contribution < -0.4 is 15.0 Å². The zero-order valence-corrected chi connectivity index (χ0v) is 18.4.